The molecule has 2 N–H and O–H groups in total. The first kappa shape index (κ1) is 12.2. The number of aromatic nitrogens is 1. The Balaban J connectivity index is 2.30. The topological polar surface area (TPSA) is 83.6 Å². The molecule has 1 aliphatic heterocycles. The lowest BCUT2D eigenvalue weighted by atomic mass is 10.2. The minimum Gasteiger partial charge on any atom is -0.448 e. The number of carbonyl (C=O) groups is 2. The number of hydrogen-bond acceptors (Lipinski definition) is 5. The zero-order valence-electron chi connectivity index (χ0n) is 9.47. The molecular weight excluding hydrogens is 256 g/mol. The second-order valence-electron chi connectivity index (χ2n) is 3.30. The van der Waals surface area contributed by atoms with Crippen LogP contribution < -0.4 is 10.7 Å². The summed E-state index contributed by atoms with van der Waals surface area (Å²) in [6.45, 7) is 1.84. The van der Waals surface area contributed by atoms with Crippen molar-refractivity contribution in [1.82, 2.24) is 15.4 Å². The van der Waals surface area contributed by atoms with Gasteiger partial charge in [0.1, 0.15) is 5.82 Å². The quantitative estimate of drug-likeness (QED) is 0.735. The maximum absolute atomic E-state index is 11.9. The molecule has 0 unspecified atom stereocenters. The first-order valence-electron chi connectivity index (χ1n) is 5.17. The predicted molar refractivity (Wildman–Crippen MR) is 66.8 cm³/mol. The van der Waals surface area contributed by atoms with E-state index in [1.807, 2.05) is 0 Å². The van der Waals surface area contributed by atoms with Gasteiger partial charge in [0, 0.05) is 6.20 Å². The van der Waals surface area contributed by atoms with Crippen molar-refractivity contribution in [2.75, 3.05) is 11.9 Å². The number of nitrogens with one attached hydrogen (secondary N) is 2. The van der Waals surface area contributed by atoms with Gasteiger partial charge in [0.15, 0.2) is 0 Å². The highest BCUT2D eigenvalue weighted by Crippen LogP contribution is 2.15. The van der Waals surface area contributed by atoms with Gasteiger partial charge in [0.25, 0.3) is 5.91 Å². The third kappa shape index (κ3) is 2.23. The number of thiocarbonyl (C=S) groups is 1. The van der Waals surface area contributed by atoms with Gasteiger partial charge < -0.3 is 10.1 Å². The van der Waals surface area contributed by atoms with Crippen LogP contribution in [0.1, 0.15) is 17.3 Å². The van der Waals surface area contributed by atoms with Crippen molar-refractivity contribution in [3.8, 4) is 0 Å². The highest BCUT2D eigenvalue weighted by Gasteiger charge is 2.28. The van der Waals surface area contributed by atoms with Gasteiger partial charge >= 0.3 is 6.09 Å². The fraction of sp³-hybridized carbons (Fsp3) is 0.200. The highest BCUT2D eigenvalue weighted by atomic mass is 32.1. The number of anilines is 1. The molecule has 2 amide bonds. The van der Waals surface area contributed by atoms with Crippen LogP contribution in [0, 0.1) is 0 Å². The van der Waals surface area contributed by atoms with Crippen LogP contribution in [-0.2, 0) is 4.74 Å². The van der Waals surface area contributed by atoms with Crippen LogP contribution in [0.5, 0.6) is 0 Å². The summed E-state index contributed by atoms with van der Waals surface area (Å²) in [6.07, 6.45) is 0.762. The average molecular weight is 266 g/mol. The van der Waals surface area contributed by atoms with E-state index in [0.29, 0.717) is 11.4 Å². The number of hydrazine groups is 1. The number of carbonyl (C=O) groups excluding carboxylic acids is 2. The second kappa shape index (κ2) is 4.96. The van der Waals surface area contributed by atoms with E-state index in [2.05, 4.69) is 15.7 Å². The summed E-state index contributed by atoms with van der Waals surface area (Å²) >= 11 is 4.99. The van der Waals surface area contributed by atoms with Gasteiger partial charge in [-0.3, -0.25) is 10.2 Å². The summed E-state index contributed by atoms with van der Waals surface area (Å²) in [7, 11) is 0. The normalized spacial score (nSPS) is 14.2. The van der Waals surface area contributed by atoms with Crippen LogP contribution in [0.25, 0.3) is 0 Å². The average Bonchev–Trinajstić information content (AvgIpc) is 2.47. The van der Waals surface area contributed by atoms with Crippen molar-refractivity contribution in [3.05, 3.63) is 23.9 Å². The van der Waals surface area contributed by atoms with Crippen molar-refractivity contribution >= 4 is 35.1 Å². The molecule has 0 bridgehead atoms. The van der Waals surface area contributed by atoms with Crippen LogP contribution in [0.15, 0.2) is 18.3 Å². The van der Waals surface area contributed by atoms with E-state index < -0.39 is 12.0 Å². The number of nitrogens with zero attached hydrogens (tertiary/aromatic N) is 2. The van der Waals surface area contributed by atoms with Crippen molar-refractivity contribution in [1.29, 1.82) is 0 Å². The lowest BCUT2D eigenvalue weighted by Crippen LogP contribution is -2.49. The molecule has 8 heteroatoms. The van der Waals surface area contributed by atoms with Crippen LogP contribution in [0.2, 0.25) is 0 Å². The molecule has 18 heavy (non-hydrogen) atoms. The van der Waals surface area contributed by atoms with Gasteiger partial charge in [0.2, 0.25) is 5.11 Å². The van der Waals surface area contributed by atoms with E-state index in [9.17, 15) is 9.59 Å². The van der Waals surface area contributed by atoms with Crippen LogP contribution in [0.4, 0.5) is 10.6 Å². The number of amides is 2. The van der Waals surface area contributed by atoms with Gasteiger partial charge in [-0.15, -0.1) is 0 Å². The number of hydrogen-bond donors (Lipinski definition) is 2. The zero-order chi connectivity index (χ0) is 13.1. The summed E-state index contributed by atoms with van der Waals surface area (Å²) in [5.41, 5.74) is 2.64. The molecule has 94 valence electrons. The lowest BCUT2D eigenvalue weighted by molar-refractivity contribution is 0.0808. The molecule has 1 aromatic rings. The number of ether oxygens (including phenoxy) is 1. The van der Waals surface area contributed by atoms with E-state index in [4.69, 9.17) is 17.0 Å². The first-order chi connectivity index (χ1) is 8.63. The Bertz CT molecular complexity index is 520. The molecule has 2 heterocycles. The van der Waals surface area contributed by atoms with Crippen LogP contribution >= 0.6 is 12.2 Å². The second-order valence-corrected chi connectivity index (χ2v) is 3.69. The maximum Gasteiger partial charge on any atom is 0.435 e. The molecule has 0 aromatic carbocycles. The molecule has 0 saturated carbocycles. The SMILES string of the molecule is CCOC(=O)N1NC(=O)c2cccnc2NC1=S. The van der Waals surface area contributed by atoms with Gasteiger partial charge in [-0.25, -0.2) is 9.78 Å². The molecule has 0 fully saturated rings. The van der Waals surface area contributed by atoms with E-state index >= 15 is 0 Å². The Hall–Kier alpha value is -2.22. The Morgan fingerprint density at radius 1 is 1.61 bits per heavy atom. The third-order valence-corrected chi connectivity index (χ3v) is 2.43. The Kier molecular flexibility index (Phi) is 3.38. The molecule has 2 rings (SSSR count). The molecule has 0 atom stereocenters. The van der Waals surface area contributed by atoms with Crippen molar-refractivity contribution < 1.29 is 14.3 Å². The van der Waals surface area contributed by atoms with Crippen molar-refractivity contribution in [3.63, 3.8) is 0 Å². The molecule has 1 aliphatic rings. The summed E-state index contributed by atoms with van der Waals surface area (Å²) in [6, 6.07) is 3.19. The first-order valence-corrected chi connectivity index (χ1v) is 5.58. The molecule has 0 aliphatic carbocycles. The van der Waals surface area contributed by atoms with E-state index in [-0.39, 0.29) is 11.7 Å². The fourth-order valence-corrected chi connectivity index (χ4v) is 1.59. The molecular formula is C10H10N4O3S. The van der Waals surface area contributed by atoms with Gasteiger partial charge in [0.05, 0.1) is 12.2 Å². The minimum absolute atomic E-state index is 0.000694. The summed E-state index contributed by atoms with van der Waals surface area (Å²) in [5.74, 6) is -0.190. The van der Waals surface area contributed by atoms with Crippen LogP contribution in [-0.4, -0.2) is 33.7 Å². The molecule has 0 radical (unpaired) electrons. The number of rotatable bonds is 1. The smallest absolute Gasteiger partial charge is 0.435 e. The Morgan fingerprint density at radius 3 is 3.11 bits per heavy atom. The molecule has 0 spiro atoms. The molecule has 1 aromatic heterocycles. The van der Waals surface area contributed by atoms with Crippen LogP contribution in [0.3, 0.4) is 0 Å². The summed E-state index contributed by atoms with van der Waals surface area (Å²) in [5, 5.41) is 3.54. The zero-order valence-corrected chi connectivity index (χ0v) is 10.3. The number of pyridine rings is 1. The summed E-state index contributed by atoms with van der Waals surface area (Å²) in [4.78, 5) is 27.5. The fourth-order valence-electron chi connectivity index (χ4n) is 1.37. The van der Waals surface area contributed by atoms with Crippen molar-refractivity contribution in [2.24, 2.45) is 0 Å². The molecule has 7 nitrogen and oxygen atoms in total. The van der Waals surface area contributed by atoms with E-state index in [0.717, 1.165) is 5.01 Å². The van der Waals surface area contributed by atoms with Gasteiger partial charge in [-0.2, -0.15) is 5.01 Å². The minimum atomic E-state index is -0.754. The maximum atomic E-state index is 11.9. The summed E-state index contributed by atoms with van der Waals surface area (Å²) < 4.78 is 4.78. The highest BCUT2D eigenvalue weighted by molar-refractivity contribution is 7.80. The lowest BCUT2D eigenvalue weighted by Gasteiger charge is -2.19. The molecule has 0 saturated heterocycles. The predicted octanol–water partition coefficient (Wildman–Crippen LogP) is 0.895. The van der Waals surface area contributed by atoms with Gasteiger partial charge in [-0.1, -0.05) is 0 Å². The van der Waals surface area contributed by atoms with Gasteiger partial charge in [-0.05, 0) is 31.3 Å². The van der Waals surface area contributed by atoms with Crippen molar-refractivity contribution in [2.45, 2.75) is 6.92 Å². The number of fused-ring (bicyclic) bond motifs is 1. The van der Waals surface area contributed by atoms with E-state index in [1.165, 1.54) is 6.20 Å². The Morgan fingerprint density at radius 2 is 2.39 bits per heavy atom. The largest absolute Gasteiger partial charge is 0.448 e. The third-order valence-electron chi connectivity index (χ3n) is 2.14. The van der Waals surface area contributed by atoms with E-state index in [1.54, 1.807) is 19.1 Å². The Labute approximate surface area is 108 Å². The monoisotopic (exact) mass is 266 g/mol. The standard InChI is InChI=1S/C10H10N4O3S/c1-2-17-10(16)14-9(18)12-7-6(8(15)13-14)4-3-5-11-7/h3-5H,2H2,1H3,(H,13,15)(H,11,12,18).